The highest BCUT2D eigenvalue weighted by molar-refractivity contribution is 7.87. The Morgan fingerprint density at radius 2 is 1.77 bits per heavy atom. The summed E-state index contributed by atoms with van der Waals surface area (Å²) < 4.78 is 31.0. The van der Waals surface area contributed by atoms with Gasteiger partial charge in [0.2, 0.25) is 5.91 Å². The fraction of sp³-hybridized carbons (Fsp3) is 0.458. The second-order valence-electron chi connectivity index (χ2n) is 9.48. The van der Waals surface area contributed by atoms with Gasteiger partial charge in [-0.3, -0.25) is 4.79 Å². The predicted octanol–water partition coefficient (Wildman–Crippen LogP) is 5.84. The first-order valence-electron chi connectivity index (χ1n) is 10.3. The lowest BCUT2D eigenvalue weighted by Gasteiger charge is -2.28. The fourth-order valence-corrected chi connectivity index (χ4v) is 4.99. The van der Waals surface area contributed by atoms with Crippen molar-refractivity contribution in [3.8, 4) is 5.75 Å². The summed E-state index contributed by atoms with van der Waals surface area (Å²) in [5.74, 6) is 0.573. The van der Waals surface area contributed by atoms with E-state index in [0.717, 1.165) is 5.56 Å². The van der Waals surface area contributed by atoms with Crippen molar-refractivity contribution in [2.45, 2.75) is 59.4 Å². The number of amides is 1. The molecule has 2 aromatic carbocycles. The lowest BCUT2D eigenvalue weighted by molar-refractivity contribution is -0.134. The molecule has 2 rings (SSSR count). The minimum Gasteiger partial charge on any atom is -0.379 e. The van der Waals surface area contributed by atoms with Crippen molar-refractivity contribution in [1.29, 1.82) is 0 Å². The van der Waals surface area contributed by atoms with E-state index in [-0.39, 0.29) is 27.0 Å². The van der Waals surface area contributed by atoms with Crippen molar-refractivity contribution < 1.29 is 17.4 Å². The highest BCUT2D eigenvalue weighted by atomic mass is 35.5. The molecule has 7 heteroatoms. The molecule has 0 saturated carbocycles. The van der Waals surface area contributed by atoms with Crippen LogP contribution in [0, 0.1) is 18.3 Å². The van der Waals surface area contributed by atoms with Crippen LogP contribution in [0.3, 0.4) is 0 Å². The molecule has 0 heterocycles. The zero-order valence-corrected chi connectivity index (χ0v) is 20.7. The molecule has 1 amide bonds. The first-order chi connectivity index (χ1) is 14.3. The Hall–Kier alpha value is -2.05. The van der Waals surface area contributed by atoms with Gasteiger partial charge in [-0.2, -0.15) is 8.42 Å². The van der Waals surface area contributed by atoms with Crippen LogP contribution in [0.5, 0.6) is 5.75 Å². The lowest BCUT2D eigenvalue weighted by atomic mass is 9.91. The third-order valence-electron chi connectivity index (χ3n) is 4.51. The quantitative estimate of drug-likeness (QED) is 0.459. The number of carbonyl (C=O) groups is 1. The number of aryl methyl sites for hydroxylation is 1. The SMILES string of the molecule is Cc1cccc(Cl)c1S(=O)(=O)Oc1cccc(CN(CC(C)C)C(=O)CC(C)(C)C)c1. The summed E-state index contributed by atoms with van der Waals surface area (Å²) in [5, 5.41) is 0.118. The average Bonchev–Trinajstić information content (AvgIpc) is 2.58. The van der Waals surface area contributed by atoms with Gasteiger partial charge >= 0.3 is 10.1 Å². The third-order valence-corrected chi connectivity index (χ3v) is 6.39. The van der Waals surface area contributed by atoms with Crippen LogP contribution >= 0.6 is 11.6 Å². The topological polar surface area (TPSA) is 63.7 Å². The van der Waals surface area contributed by atoms with Crippen LogP contribution in [0.2, 0.25) is 5.02 Å². The molecule has 2 aromatic rings. The molecule has 0 radical (unpaired) electrons. The Kier molecular flexibility index (Phi) is 8.17. The average molecular weight is 466 g/mol. The Balaban J connectivity index is 2.26. The van der Waals surface area contributed by atoms with Gasteiger partial charge in [-0.25, -0.2) is 0 Å². The number of rotatable bonds is 8. The number of nitrogens with zero attached hydrogens (tertiary/aromatic N) is 1. The summed E-state index contributed by atoms with van der Waals surface area (Å²) in [6, 6.07) is 11.7. The molecule has 5 nitrogen and oxygen atoms in total. The molecule has 0 bridgehead atoms. The molecule has 0 aliphatic carbocycles. The molecule has 0 atom stereocenters. The standard InChI is InChI=1S/C24H32ClNO4S/c1-17(2)15-26(22(27)14-24(4,5)6)16-19-10-8-11-20(13-19)30-31(28,29)23-18(3)9-7-12-21(23)25/h7-13,17H,14-16H2,1-6H3. The Labute approximate surface area is 191 Å². The minimum atomic E-state index is -4.09. The van der Waals surface area contributed by atoms with Crippen LogP contribution in [0.4, 0.5) is 0 Å². The fourth-order valence-electron chi connectivity index (χ4n) is 3.28. The second kappa shape index (κ2) is 10.0. The largest absolute Gasteiger partial charge is 0.379 e. The van der Waals surface area contributed by atoms with E-state index in [4.69, 9.17) is 15.8 Å². The molecule has 0 fully saturated rings. The summed E-state index contributed by atoms with van der Waals surface area (Å²) in [6.45, 7) is 12.9. The summed E-state index contributed by atoms with van der Waals surface area (Å²) in [4.78, 5) is 14.6. The summed E-state index contributed by atoms with van der Waals surface area (Å²) in [5.41, 5.74) is 1.20. The normalized spacial score (nSPS) is 12.1. The van der Waals surface area contributed by atoms with E-state index in [1.807, 2.05) is 31.7 Å². The predicted molar refractivity (Wildman–Crippen MR) is 125 cm³/mol. The van der Waals surface area contributed by atoms with Crippen LogP contribution in [0.15, 0.2) is 47.4 Å². The Bertz CT molecular complexity index is 1010. The minimum absolute atomic E-state index is 0.0381. The number of halogens is 1. The first-order valence-corrected chi connectivity index (χ1v) is 12.1. The highest BCUT2D eigenvalue weighted by Crippen LogP contribution is 2.28. The monoisotopic (exact) mass is 465 g/mol. The zero-order valence-electron chi connectivity index (χ0n) is 19.1. The first kappa shape index (κ1) is 25.2. The summed E-state index contributed by atoms with van der Waals surface area (Å²) >= 11 is 6.11. The molecule has 170 valence electrons. The number of benzene rings is 2. The molecular weight excluding hydrogens is 434 g/mol. The molecule has 0 N–H and O–H groups in total. The van der Waals surface area contributed by atoms with Gasteiger partial charge in [0, 0.05) is 19.5 Å². The van der Waals surface area contributed by atoms with E-state index in [1.165, 1.54) is 6.07 Å². The van der Waals surface area contributed by atoms with Crippen molar-refractivity contribution in [2.24, 2.45) is 11.3 Å². The van der Waals surface area contributed by atoms with E-state index in [1.54, 1.807) is 37.3 Å². The van der Waals surface area contributed by atoms with Crippen LogP contribution in [-0.4, -0.2) is 25.8 Å². The maximum absolute atomic E-state index is 12.9. The van der Waals surface area contributed by atoms with Gasteiger partial charge in [0.1, 0.15) is 10.6 Å². The van der Waals surface area contributed by atoms with Crippen LogP contribution in [0.1, 0.15) is 52.2 Å². The Morgan fingerprint density at radius 1 is 1.13 bits per heavy atom. The van der Waals surface area contributed by atoms with Crippen molar-refractivity contribution in [3.05, 3.63) is 58.6 Å². The summed E-state index contributed by atoms with van der Waals surface area (Å²) in [6.07, 6.45) is 0.441. The van der Waals surface area contributed by atoms with Gasteiger partial charge in [0.25, 0.3) is 0 Å². The zero-order chi connectivity index (χ0) is 23.4. The van der Waals surface area contributed by atoms with Crippen LogP contribution < -0.4 is 4.18 Å². The molecule has 0 spiro atoms. The van der Waals surface area contributed by atoms with Crippen molar-refractivity contribution in [3.63, 3.8) is 0 Å². The molecular formula is C24H32ClNO4S. The molecule has 31 heavy (non-hydrogen) atoms. The van der Waals surface area contributed by atoms with Crippen LogP contribution in [0.25, 0.3) is 0 Å². The lowest BCUT2D eigenvalue weighted by Crippen LogP contribution is -2.35. The number of hydrogen-bond donors (Lipinski definition) is 0. The van der Waals surface area contributed by atoms with E-state index >= 15 is 0 Å². The van der Waals surface area contributed by atoms with Gasteiger partial charge in [0.15, 0.2) is 0 Å². The van der Waals surface area contributed by atoms with E-state index < -0.39 is 10.1 Å². The third kappa shape index (κ3) is 7.54. The molecule has 0 unspecified atom stereocenters. The maximum Gasteiger partial charge on any atom is 0.340 e. The van der Waals surface area contributed by atoms with Gasteiger partial charge < -0.3 is 9.08 Å². The van der Waals surface area contributed by atoms with Gasteiger partial charge in [-0.1, -0.05) is 70.5 Å². The van der Waals surface area contributed by atoms with E-state index in [0.29, 0.717) is 31.0 Å². The molecule has 0 saturated heterocycles. The van der Waals surface area contributed by atoms with Crippen molar-refractivity contribution in [1.82, 2.24) is 4.90 Å². The van der Waals surface area contributed by atoms with Gasteiger partial charge in [0.05, 0.1) is 5.02 Å². The highest BCUT2D eigenvalue weighted by Gasteiger charge is 2.24. The number of carbonyl (C=O) groups excluding carboxylic acids is 1. The van der Waals surface area contributed by atoms with E-state index in [9.17, 15) is 13.2 Å². The molecule has 0 aliphatic heterocycles. The summed E-state index contributed by atoms with van der Waals surface area (Å²) in [7, 11) is -4.09. The molecule has 0 aromatic heterocycles. The molecule has 0 aliphatic rings. The maximum atomic E-state index is 12.9. The van der Waals surface area contributed by atoms with E-state index in [2.05, 4.69) is 13.8 Å². The van der Waals surface area contributed by atoms with Crippen molar-refractivity contribution >= 4 is 27.6 Å². The smallest absolute Gasteiger partial charge is 0.340 e. The second-order valence-corrected chi connectivity index (χ2v) is 11.4. The Morgan fingerprint density at radius 3 is 2.35 bits per heavy atom. The van der Waals surface area contributed by atoms with Crippen molar-refractivity contribution in [2.75, 3.05) is 6.54 Å². The van der Waals surface area contributed by atoms with Crippen LogP contribution in [-0.2, 0) is 21.5 Å². The number of hydrogen-bond acceptors (Lipinski definition) is 4. The van der Waals surface area contributed by atoms with Gasteiger partial charge in [-0.05, 0) is 47.6 Å². The van der Waals surface area contributed by atoms with Gasteiger partial charge in [-0.15, -0.1) is 0 Å².